The standard InChI is InChI=1S/C14H16ClN3OS/c1-3-18(8-10-5-4-6-11(15)7-10)13(19)12-9(2)17-14(16)20-12/h4-7H,3,8H2,1-2H3,(H2,16,17). The van der Waals surface area contributed by atoms with Crippen molar-refractivity contribution < 1.29 is 4.79 Å². The highest BCUT2D eigenvalue weighted by atomic mass is 35.5. The molecule has 106 valence electrons. The van der Waals surface area contributed by atoms with E-state index in [1.807, 2.05) is 31.2 Å². The van der Waals surface area contributed by atoms with Gasteiger partial charge in [0.05, 0.1) is 5.69 Å². The number of hydrogen-bond acceptors (Lipinski definition) is 4. The lowest BCUT2D eigenvalue weighted by Gasteiger charge is -2.20. The predicted octanol–water partition coefficient (Wildman–Crippen LogP) is 3.35. The number of benzene rings is 1. The van der Waals surface area contributed by atoms with Crippen molar-refractivity contribution >= 4 is 34.0 Å². The van der Waals surface area contributed by atoms with E-state index in [-0.39, 0.29) is 5.91 Å². The van der Waals surface area contributed by atoms with Gasteiger partial charge in [0, 0.05) is 18.1 Å². The van der Waals surface area contributed by atoms with E-state index in [1.54, 1.807) is 11.8 Å². The summed E-state index contributed by atoms with van der Waals surface area (Å²) >= 11 is 7.20. The molecule has 0 saturated heterocycles. The number of nitrogen functional groups attached to an aromatic ring is 1. The number of carbonyl (C=O) groups is 1. The molecule has 0 fully saturated rings. The maximum atomic E-state index is 12.5. The zero-order valence-electron chi connectivity index (χ0n) is 11.4. The van der Waals surface area contributed by atoms with Crippen molar-refractivity contribution in [2.45, 2.75) is 20.4 Å². The third-order valence-electron chi connectivity index (χ3n) is 2.94. The molecule has 0 atom stereocenters. The third-order valence-corrected chi connectivity index (χ3v) is 4.15. The Morgan fingerprint density at radius 1 is 1.50 bits per heavy atom. The van der Waals surface area contributed by atoms with Crippen LogP contribution < -0.4 is 5.73 Å². The third kappa shape index (κ3) is 3.29. The first-order valence-corrected chi connectivity index (χ1v) is 7.47. The molecule has 1 aromatic heterocycles. The van der Waals surface area contributed by atoms with Crippen molar-refractivity contribution in [3.63, 3.8) is 0 Å². The van der Waals surface area contributed by atoms with Crippen LogP contribution in [0.2, 0.25) is 5.02 Å². The van der Waals surface area contributed by atoms with Gasteiger partial charge in [-0.15, -0.1) is 0 Å². The van der Waals surface area contributed by atoms with Gasteiger partial charge in [-0.25, -0.2) is 4.98 Å². The highest BCUT2D eigenvalue weighted by molar-refractivity contribution is 7.17. The van der Waals surface area contributed by atoms with Crippen molar-refractivity contribution in [1.82, 2.24) is 9.88 Å². The Morgan fingerprint density at radius 3 is 2.80 bits per heavy atom. The van der Waals surface area contributed by atoms with E-state index < -0.39 is 0 Å². The van der Waals surface area contributed by atoms with E-state index in [4.69, 9.17) is 17.3 Å². The first kappa shape index (κ1) is 14.8. The number of rotatable bonds is 4. The molecule has 4 nitrogen and oxygen atoms in total. The van der Waals surface area contributed by atoms with E-state index in [0.717, 1.165) is 5.56 Å². The fraction of sp³-hybridized carbons (Fsp3) is 0.286. The predicted molar refractivity (Wildman–Crippen MR) is 83.1 cm³/mol. The lowest BCUT2D eigenvalue weighted by molar-refractivity contribution is 0.0756. The van der Waals surface area contributed by atoms with Crippen LogP contribution in [0, 0.1) is 6.92 Å². The number of hydrogen-bond donors (Lipinski definition) is 1. The summed E-state index contributed by atoms with van der Waals surface area (Å²) in [4.78, 5) is 19.0. The molecule has 2 aromatic rings. The largest absolute Gasteiger partial charge is 0.375 e. The van der Waals surface area contributed by atoms with Gasteiger partial charge in [-0.1, -0.05) is 35.1 Å². The summed E-state index contributed by atoms with van der Waals surface area (Å²) in [6, 6.07) is 7.52. The molecule has 0 unspecified atom stereocenters. The fourth-order valence-electron chi connectivity index (χ4n) is 1.94. The molecule has 1 heterocycles. The molecule has 0 bridgehead atoms. The second-order valence-electron chi connectivity index (χ2n) is 4.42. The molecule has 0 aliphatic carbocycles. The van der Waals surface area contributed by atoms with E-state index >= 15 is 0 Å². The van der Waals surface area contributed by atoms with Crippen molar-refractivity contribution in [2.75, 3.05) is 12.3 Å². The molecule has 0 saturated carbocycles. The SMILES string of the molecule is CCN(Cc1cccc(Cl)c1)C(=O)c1sc(N)nc1C. The van der Waals surface area contributed by atoms with Gasteiger partial charge >= 0.3 is 0 Å². The zero-order valence-corrected chi connectivity index (χ0v) is 13.0. The summed E-state index contributed by atoms with van der Waals surface area (Å²) in [5.74, 6) is -0.0424. The molecule has 0 aliphatic rings. The van der Waals surface area contributed by atoms with Crippen LogP contribution in [-0.2, 0) is 6.54 Å². The van der Waals surface area contributed by atoms with Crippen LogP contribution in [-0.4, -0.2) is 22.3 Å². The highest BCUT2D eigenvalue weighted by Gasteiger charge is 2.20. The average molecular weight is 310 g/mol. The summed E-state index contributed by atoms with van der Waals surface area (Å²) < 4.78 is 0. The molecule has 0 spiro atoms. The van der Waals surface area contributed by atoms with E-state index in [1.165, 1.54) is 11.3 Å². The monoisotopic (exact) mass is 309 g/mol. The van der Waals surface area contributed by atoms with Crippen LogP contribution in [0.15, 0.2) is 24.3 Å². The lowest BCUT2D eigenvalue weighted by atomic mass is 10.2. The van der Waals surface area contributed by atoms with Gasteiger partial charge in [0.1, 0.15) is 4.88 Å². The van der Waals surface area contributed by atoms with Gasteiger partial charge in [0.15, 0.2) is 5.13 Å². The van der Waals surface area contributed by atoms with Gasteiger partial charge in [-0.05, 0) is 31.5 Å². The lowest BCUT2D eigenvalue weighted by Crippen LogP contribution is -2.30. The Balaban J connectivity index is 2.20. The topological polar surface area (TPSA) is 59.2 Å². The Morgan fingerprint density at radius 2 is 2.25 bits per heavy atom. The molecule has 6 heteroatoms. The number of carbonyl (C=O) groups excluding carboxylic acids is 1. The van der Waals surface area contributed by atoms with Crippen molar-refractivity contribution in [2.24, 2.45) is 0 Å². The molecular weight excluding hydrogens is 294 g/mol. The quantitative estimate of drug-likeness (QED) is 0.942. The first-order chi connectivity index (χ1) is 9.51. The molecule has 1 aromatic carbocycles. The molecular formula is C14H16ClN3OS. The minimum absolute atomic E-state index is 0.0424. The fourth-order valence-corrected chi connectivity index (χ4v) is 2.96. The molecule has 2 N–H and O–H groups in total. The minimum atomic E-state index is -0.0424. The minimum Gasteiger partial charge on any atom is -0.375 e. The molecule has 20 heavy (non-hydrogen) atoms. The number of amides is 1. The maximum Gasteiger partial charge on any atom is 0.266 e. The molecule has 2 rings (SSSR count). The Hall–Kier alpha value is -1.59. The Kier molecular flexibility index (Phi) is 4.62. The Bertz CT molecular complexity index is 627. The zero-order chi connectivity index (χ0) is 14.7. The summed E-state index contributed by atoms with van der Waals surface area (Å²) in [7, 11) is 0. The second kappa shape index (κ2) is 6.24. The van der Waals surface area contributed by atoms with Crippen LogP contribution in [0.1, 0.15) is 27.9 Å². The first-order valence-electron chi connectivity index (χ1n) is 6.28. The van der Waals surface area contributed by atoms with Crippen LogP contribution in [0.25, 0.3) is 0 Å². The van der Waals surface area contributed by atoms with Gasteiger partial charge in [-0.3, -0.25) is 4.79 Å². The average Bonchev–Trinajstić information content (AvgIpc) is 2.74. The summed E-state index contributed by atoms with van der Waals surface area (Å²) in [6.45, 7) is 4.88. The second-order valence-corrected chi connectivity index (χ2v) is 5.88. The number of halogens is 1. The van der Waals surface area contributed by atoms with Gasteiger partial charge in [0.25, 0.3) is 5.91 Å². The summed E-state index contributed by atoms with van der Waals surface area (Å²) in [5, 5.41) is 1.09. The van der Waals surface area contributed by atoms with Crippen molar-refractivity contribution in [3.8, 4) is 0 Å². The normalized spacial score (nSPS) is 10.6. The summed E-state index contributed by atoms with van der Waals surface area (Å²) in [5.41, 5.74) is 7.34. The van der Waals surface area contributed by atoms with Crippen LogP contribution in [0.5, 0.6) is 0 Å². The maximum absolute atomic E-state index is 12.5. The number of nitrogens with zero attached hydrogens (tertiary/aromatic N) is 2. The van der Waals surface area contributed by atoms with Gasteiger partial charge in [-0.2, -0.15) is 0 Å². The van der Waals surface area contributed by atoms with Crippen LogP contribution in [0.3, 0.4) is 0 Å². The van der Waals surface area contributed by atoms with Gasteiger partial charge < -0.3 is 10.6 Å². The molecule has 0 aliphatic heterocycles. The van der Waals surface area contributed by atoms with E-state index in [2.05, 4.69) is 4.98 Å². The van der Waals surface area contributed by atoms with Crippen LogP contribution >= 0.6 is 22.9 Å². The number of aromatic nitrogens is 1. The number of anilines is 1. The number of thiazole rings is 1. The van der Waals surface area contributed by atoms with Gasteiger partial charge in [0.2, 0.25) is 0 Å². The number of nitrogens with two attached hydrogens (primary N) is 1. The smallest absolute Gasteiger partial charge is 0.266 e. The Labute approximate surface area is 127 Å². The van der Waals surface area contributed by atoms with E-state index in [0.29, 0.717) is 33.8 Å². The molecule has 1 amide bonds. The van der Waals surface area contributed by atoms with Crippen LogP contribution in [0.4, 0.5) is 5.13 Å². The van der Waals surface area contributed by atoms with E-state index in [9.17, 15) is 4.79 Å². The van der Waals surface area contributed by atoms with Crippen molar-refractivity contribution in [3.05, 3.63) is 45.4 Å². The molecule has 0 radical (unpaired) electrons. The number of aryl methyl sites for hydroxylation is 1. The summed E-state index contributed by atoms with van der Waals surface area (Å²) in [6.07, 6.45) is 0. The van der Waals surface area contributed by atoms with Crippen molar-refractivity contribution in [1.29, 1.82) is 0 Å². The highest BCUT2D eigenvalue weighted by Crippen LogP contribution is 2.22.